The fourth-order valence-corrected chi connectivity index (χ4v) is 4.67. The number of alkyl halides is 5. The summed E-state index contributed by atoms with van der Waals surface area (Å²) in [7, 11) is 0. The third kappa shape index (κ3) is 5.61. The molecule has 1 saturated carbocycles. The molecule has 3 rings (SSSR count). The van der Waals surface area contributed by atoms with Gasteiger partial charge in [0.05, 0.1) is 6.04 Å². The summed E-state index contributed by atoms with van der Waals surface area (Å²) in [6.07, 6.45) is -3.88. The van der Waals surface area contributed by atoms with Gasteiger partial charge in [-0.3, -0.25) is 9.59 Å². The third-order valence-corrected chi connectivity index (χ3v) is 6.46. The average Bonchev–Trinajstić information content (AvgIpc) is 3.21. The van der Waals surface area contributed by atoms with Crippen LogP contribution in [-0.2, 0) is 16.0 Å². The minimum Gasteiger partial charge on any atom is -0.345 e. The number of halogens is 8. The Kier molecular flexibility index (Phi) is 7.44. The Labute approximate surface area is 189 Å². The maximum atomic E-state index is 15.0. The number of carbonyl (C=O) groups excluding carboxylic acids is 2. The van der Waals surface area contributed by atoms with E-state index in [1.165, 1.54) is 0 Å². The Balaban J connectivity index is 1.81. The lowest BCUT2D eigenvalue weighted by molar-refractivity contribution is -0.169. The summed E-state index contributed by atoms with van der Waals surface area (Å²) in [6.45, 7) is -1.96. The molecule has 0 aromatic heterocycles. The third-order valence-electron chi connectivity index (χ3n) is 6.46. The predicted octanol–water partition coefficient (Wildman–Crippen LogP) is 3.30. The normalized spacial score (nSPS) is 24.0. The van der Waals surface area contributed by atoms with Gasteiger partial charge in [-0.05, 0) is 42.7 Å². The topological polar surface area (TPSA) is 75.4 Å². The molecule has 1 aromatic carbocycles. The monoisotopic (exact) mass is 501 g/mol. The fraction of sp³-hybridized carbons (Fsp3) is 0.619. The number of hydrogen-bond acceptors (Lipinski definition) is 3. The fourth-order valence-electron chi connectivity index (χ4n) is 4.67. The van der Waals surface area contributed by atoms with E-state index in [1.807, 2.05) is 0 Å². The molecule has 2 aliphatic rings. The van der Waals surface area contributed by atoms with E-state index in [9.17, 15) is 35.9 Å². The molecule has 34 heavy (non-hydrogen) atoms. The number of amides is 2. The van der Waals surface area contributed by atoms with Crippen molar-refractivity contribution < 1.29 is 44.7 Å². The van der Waals surface area contributed by atoms with E-state index < -0.39 is 72.0 Å². The van der Waals surface area contributed by atoms with Gasteiger partial charge in [-0.25, -0.2) is 13.2 Å². The highest BCUT2D eigenvalue weighted by Gasteiger charge is 2.53. The van der Waals surface area contributed by atoms with Crippen LogP contribution in [0.3, 0.4) is 0 Å². The first-order valence-corrected chi connectivity index (χ1v) is 10.6. The van der Waals surface area contributed by atoms with E-state index in [-0.39, 0.29) is 30.9 Å². The van der Waals surface area contributed by atoms with Gasteiger partial charge in [0, 0.05) is 12.6 Å². The van der Waals surface area contributed by atoms with Crippen molar-refractivity contribution >= 4 is 11.8 Å². The van der Waals surface area contributed by atoms with Crippen LogP contribution in [0.25, 0.3) is 0 Å². The number of hydrogen-bond donors (Lipinski definition) is 2. The van der Waals surface area contributed by atoms with E-state index in [4.69, 9.17) is 5.73 Å². The smallest absolute Gasteiger partial charge is 0.345 e. The largest absolute Gasteiger partial charge is 0.405 e. The zero-order valence-corrected chi connectivity index (χ0v) is 17.8. The Bertz CT molecular complexity index is 939. The van der Waals surface area contributed by atoms with Crippen molar-refractivity contribution in [3.63, 3.8) is 0 Å². The van der Waals surface area contributed by atoms with Crippen LogP contribution in [0.4, 0.5) is 35.1 Å². The highest BCUT2D eigenvalue weighted by Crippen LogP contribution is 2.41. The molecule has 13 heteroatoms. The average molecular weight is 501 g/mol. The molecule has 1 aliphatic heterocycles. The minimum absolute atomic E-state index is 0.0801. The van der Waals surface area contributed by atoms with Gasteiger partial charge in [0.25, 0.3) is 5.91 Å². The van der Waals surface area contributed by atoms with E-state index >= 15 is 8.78 Å². The van der Waals surface area contributed by atoms with E-state index in [2.05, 4.69) is 0 Å². The second-order valence-corrected chi connectivity index (χ2v) is 8.78. The number of rotatable bonds is 6. The van der Waals surface area contributed by atoms with Gasteiger partial charge in [0.2, 0.25) is 5.91 Å². The van der Waals surface area contributed by atoms with Crippen molar-refractivity contribution in [2.45, 2.75) is 56.3 Å². The molecule has 1 aromatic rings. The van der Waals surface area contributed by atoms with Gasteiger partial charge in [0.15, 0.2) is 11.6 Å². The van der Waals surface area contributed by atoms with Crippen molar-refractivity contribution in [1.82, 2.24) is 10.2 Å². The first-order valence-electron chi connectivity index (χ1n) is 10.6. The summed E-state index contributed by atoms with van der Waals surface area (Å²) in [5, 5.41) is 1.64. The number of piperidine rings is 1. The van der Waals surface area contributed by atoms with E-state index in [1.54, 1.807) is 5.32 Å². The number of nitrogens with one attached hydrogen (secondary N) is 1. The number of carbonyl (C=O) groups is 2. The van der Waals surface area contributed by atoms with Gasteiger partial charge in [-0.1, -0.05) is 12.8 Å². The highest BCUT2D eigenvalue weighted by molar-refractivity contribution is 5.91. The summed E-state index contributed by atoms with van der Waals surface area (Å²) in [4.78, 5) is 25.8. The molecule has 0 bridgehead atoms. The number of benzene rings is 1. The Morgan fingerprint density at radius 2 is 1.65 bits per heavy atom. The Morgan fingerprint density at radius 3 is 2.29 bits per heavy atom. The lowest BCUT2D eigenvalue weighted by Gasteiger charge is -2.42. The van der Waals surface area contributed by atoms with Crippen molar-refractivity contribution in [3.05, 3.63) is 35.1 Å². The van der Waals surface area contributed by atoms with Gasteiger partial charge >= 0.3 is 12.1 Å². The van der Waals surface area contributed by atoms with Crippen LogP contribution >= 0.6 is 0 Å². The Morgan fingerprint density at radius 1 is 1.03 bits per heavy atom. The zero-order chi connectivity index (χ0) is 25.4. The van der Waals surface area contributed by atoms with Crippen molar-refractivity contribution in [2.75, 3.05) is 13.1 Å². The quantitative estimate of drug-likeness (QED) is 0.464. The van der Waals surface area contributed by atoms with Crippen LogP contribution in [0.1, 0.15) is 31.2 Å². The Hall–Kier alpha value is -2.44. The molecular weight excluding hydrogens is 478 g/mol. The molecule has 4 atom stereocenters. The van der Waals surface area contributed by atoms with Crippen LogP contribution < -0.4 is 11.1 Å². The first-order chi connectivity index (χ1) is 15.7. The molecule has 0 spiro atoms. The summed E-state index contributed by atoms with van der Waals surface area (Å²) >= 11 is 0. The van der Waals surface area contributed by atoms with Gasteiger partial charge in [-0.2, -0.15) is 22.0 Å². The van der Waals surface area contributed by atoms with E-state index in [0.29, 0.717) is 23.8 Å². The van der Waals surface area contributed by atoms with Gasteiger partial charge < -0.3 is 16.0 Å². The van der Waals surface area contributed by atoms with Crippen LogP contribution in [0.2, 0.25) is 0 Å². The van der Waals surface area contributed by atoms with Gasteiger partial charge in [-0.15, -0.1) is 0 Å². The van der Waals surface area contributed by atoms with Crippen molar-refractivity contribution in [1.29, 1.82) is 0 Å². The molecule has 5 nitrogen and oxygen atoms in total. The molecule has 1 saturated heterocycles. The molecule has 2 amide bonds. The zero-order valence-electron chi connectivity index (χ0n) is 17.8. The van der Waals surface area contributed by atoms with Crippen LogP contribution in [-0.4, -0.2) is 54.0 Å². The van der Waals surface area contributed by atoms with Crippen molar-refractivity contribution in [3.8, 4) is 0 Å². The summed E-state index contributed by atoms with van der Waals surface area (Å²) in [5.41, 5.74) is 4.78. The molecule has 0 radical (unpaired) electrons. The van der Waals surface area contributed by atoms with Crippen LogP contribution in [0.15, 0.2) is 12.1 Å². The summed E-state index contributed by atoms with van der Waals surface area (Å²) in [6, 6.07) is -3.43. The highest BCUT2D eigenvalue weighted by atomic mass is 19.4. The first kappa shape index (κ1) is 26.2. The predicted molar refractivity (Wildman–Crippen MR) is 103 cm³/mol. The SMILES string of the molecule is N[C@H](Cc1cc(F)c(F)cc1F)C(F)(F)C(=O)N1CC2CCCC2C[C@H]1C(=O)NCC(F)(F)F. The maximum Gasteiger partial charge on any atom is 0.405 e. The number of nitrogens with zero attached hydrogens (tertiary/aromatic N) is 1. The molecule has 2 fully saturated rings. The molecular formula is C21H23F8N3O2. The van der Waals surface area contributed by atoms with Crippen molar-refractivity contribution in [2.24, 2.45) is 17.6 Å². The number of likely N-dealkylation sites (tertiary alicyclic amines) is 1. The second kappa shape index (κ2) is 9.67. The summed E-state index contributed by atoms with van der Waals surface area (Å²) < 4.78 is 108. The van der Waals surface area contributed by atoms with Gasteiger partial charge in [0.1, 0.15) is 18.4 Å². The van der Waals surface area contributed by atoms with E-state index in [0.717, 1.165) is 6.42 Å². The molecule has 1 aliphatic carbocycles. The molecule has 3 N–H and O–H groups in total. The number of nitrogens with two attached hydrogens (primary N) is 1. The summed E-state index contributed by atoms with van der Waals surface area (Å²) in [5.74, 6) is -12.2. The second-order valence-electron chi connectivity index (χ2n) is 8.78. The number of fused-ring (bicyclic) bond motifs is 1. The lowest BCUT2D eigenvalue weighted by atomic mass is 9.83. The molecule has 2 unspecified atom stereocenters. The maximum absolute atomic E-state index is 15.0. The van der Waals surface area contributed by atoms with Crippen LogP contribution in [0.5, 0.6) is 0 Å². The molecule has 190 valence electrons. The minimum atomic E-state index is -4.74. The lowest BCUT2D eigenvalue weighted by Crippen LogP contribution is -2.62. The standard InChI is InChI=1S/C21H23F8N3O2/c22-13-7-15(24)14(23)4-12(13)6-17(30)21(28,29)19(34)32-8-11-3-1-2-10(11)5-16(32)18(33)31-9-20(25,26)27/h4,7,10-11,16-17H,1-3,5-6,8-9,30H2,(H,31,33)/t10?,11?,16-,17+/m0/s1. The molecule has 1 heterocycles. The van der Waals surface area contributed by atoms with Crippen LogP contribution in [0, 0.1) is 29.3 Å².